The van der Waals surface area contributed by atoms with Crippen molar-refractivity contribution in [3.63, 3.8) is 0 Å². The number of aromatic nitrogens is 1. The second-order valence-corrected chi connectivity index (χ2v) is 6.51. The van der Waals surface area contributed by atoms with E-state index in [-0.39, 0.29) is 0 Å². The topological polar surface area (TPSA) is 66.5 Å². The molecule has 2 rings (SSSR count). The third-order valence-corrected chi connectivity index (χ3v) is 3.44. The molecule has 1 aliphatic heterocycles. The third kappa shape index (κ3) is 4.87. The van der Waals surface area contributed by atoms with Crippen LogP contribution in [0.15, 0.2) is 12.1 Å². The van der Waals surface area contributed by atoms with Crippen LogP contribution in [-0.2, 0) is 11.3 Å². The van der Waals surface area contributed by atoms with Gasteiger partial charge in [0.2, 0.25) is 0 Å². The van der Waals surface area contributed by atoms with E-state index >= 15 is 0 Å². The van der Waals surface area contributed by atoms with Gasteiger partial charge in [0.1, 0.15) is 11.4 Å². The average molecular weight is 306 g/mol. The van der Waals surface area contributed by atoms with E-state index in [1.807, 2.05) is 39.8 Å². The van der Waals surface area contributed by atoms with Crippen molar-refractivity contribution in [3.8, 4) is 0 Å². The summed E-state index contributed by atoms with van der Waals surface area (Å²) in [4.78, 5) is 18.6. The Bertz CT molecular complexity index is 519. The number of carbonyl (C=O) groups excluding carboxylic acids is 1. The van der Waals surface area contributed by atoms with Crippen molar-refractivity contribution >= 4 is 11.9 Å². The van der Waals surface area contributed by atoms with E-state index in [1.165, 1.54) is 0 Å². The lowest BCUT2D eigenvalue weighted by Gasteiger charge is -2.28. The van der Waals surface area contributed by atoms with E-state index in [2.05, 4.69) is 20.5 Å². The number of anilines is 1. The van der Waals surface area contributed by atoms with Crippen LogP contribution in [0.1, 0.15) is 32.0 Å². The molecule has 0 atom stereocenters. The van der Waals surface area contributed by atoms with Crippen LogP contribution in [0.25, 0.3) is 0 Å². The minimum absolute atomic E-state index is 0.405. The smallest absolute Gasteiger partial charge is 0.407 e. The molecule has 1 fully saturated rings. The number of amides is 1. The Balaban J connectivity index is 1.93. The second-order valence-electron chi connectivity index (χ2n) is 6.51. The maximum atomic E-state index is 11.7. The normalized spacial score (nSPS) is 15.5. The first-order chi connectivity index (χ1) is 10.3. The van der Waals surface area contributed by atoms with Crippen LogP contribution >= 0.6 is 0 Å². The van der Waals surface area contributed by atoms with Crippen LogP contribution in [-0.4, -0.2) is 42.9 Å². The number of nitrogens with one attached hydrogen (secondary N) is 2. The Morgan fingerprint density at radius 2 is 2.05 bits per heavy atom. The molecule has 0 bridgehead atoms. The van der Waals surface area contributed by atoms with Crippen LogP contribution in [0.4, 0.5) is 10.6 Å². The molecule has 0 spiro atoms. The molecule has 0 saturated carbocycles. The Kier molecular flexibility index (Phi) is 5.24. The van der Waals surface area contributed by atoms with E-state index < -0.39 is 11.7 Å². The predicted molar refractivity (Wildman–Crippen MR) is 87.1 cm³/mol. The zero-order valence-electron chi connectivity index (χ0n) is 13.9. The molecule has 2 N–H and O–H groups in total. The molecule has 122 valence electrons. The Morgan fingerprint density at radius 1 is 1.36 bits per heavy atom. The molecule has 6 nitrogen and oxygen atoms in total. The van der Waals surface area contributed by atoms with Gasteiger partial charge in [0.15, 0.2) is 0 Å². The summed E-state index contributed by atoms with van der Waals surface area (Å²) in [5.41, 5.74) is 1.46. The molecule has 0 radical (unpaired) electrons. The van der Waals surface area contributed by atoms with E-state index in [4.69, 9.17) is 4.74 Å². The lowest BCUT2D eigenvalue weighted by Crippen LogP contribution is -2.44. The molecule has 1 aliphatic rings. The number of alkyl carbamates (subject to hydrolysis) is 1. The fourth-order valence-electron chi connectivity index (χ4n) is 2.32. The monoisotopic (exact) mass is 306 g/mol. The van der Waals surface area contributed by atoms with Gasteiger partial charge in [-0.05, 0) is 39.3 Å². The summed E-state index contributed by atoms with van der Waals surface area (Å²) in [6, 6.07) is 4.04. The average Bonchev–Trinajstić information content (AvgIpc) is 2.45. The molecule has 6 heteroatoms. The molecular weight excluding hydrogens is 280 g/mol. The molecular formula is C16H26N4O2. The summed E-state index contributed by atoms with van der Waals surface area (Å²) in [7, 11) is 0. The van der Waals surface area contributed by atoms with E-state index in [9.17, 15) is 4.79 Å². The standard InChI is InChI=1S/C16H26N4O2/c1-12-13(11-18-15(21)22-16(2,3)4)5-6-14(19-12)20-9-7-17-8-10-20/h5-6,17H,7-11H2,1-4H3,(H,18,21). The lowest BCUT2D eigenvalue weighted by molar-refractivity contribution is 0.0523. The molecule has 1 aromatic rings. The van der Waals surface area contributed by atoms with Crippen molar-refractivity contribution in [2.24, 2.45) is 0 Å². The molecule has 22 heavy (non-hydrogen) atoms. The van der Waals surface area contributed by atoms with Gasteiger partial charge in [-0.25, -0.2) is 9.78 Å². The first kappa shape index (κ1) is 16.5. The summed E-state index contributed by atoms with van der Waals surface area (Å²) >= 11 is 0. The largest absolute Gasteiger partial charge is 0.444 e. The number of aryl methyl sites for hydroxylation is 1. The number of pyridine rings is 1. The summed E-state index contributed by atoms with van der Waals surface area (Å²) in [6.45, 7) is 11.9. The highest BCUT2D eigenvalue weighted by atomic mass is 16.6. The molecule has 0 aromatic carbocycles. The molecule has 0 unspecified atom stereocenters. The van der Waals surface area contributed by atoms with Gasteiger partial charge in [0, 0.05) is 38.4 Å². The van der Waals surface area contributed by atoms with E-state index in [0.717, 1.165) is 43.3 Å². The van der Waals surface area contributed by atoms with Crippen molar-refractivity contribution in [1.29, 1.82) is 0 Å². The first-order valence-corrected chi connectivity index (χ1v) is 7.74. The Labute approximate surface area is 132 Å². The molecule has 2 heterocycles. The predicted octanol–water partition coefficient (Wildman–Crippen LogP) is 1.82. The Hall–Kier alpha value is -1.82. The molecule has 1 saturated heterocycles. The summed E-state index contributed by atoms with van der Waals surface area (Å²) in [5, 5.41) is 6.10. The van der Waals surface area contributed by atoms with Crippen LogP contribution < -0.4 is 15.5 Å². The van der Waals surface area contributed by atoms with Crippen LogP contribution in [0.5, 0.6) is 0 Å². The van der Waals surface area contributed by atoms with Gasteiger partial charge in [-0.15, -0.1) is 0 Å². The maximum Gasteiger partial charge on any atom is 0.407 e. The quantitative estimate of drug-likeness (QED) is 0.892. The van der Waals surface area contributed by atoms with Crippen LogP contribution in [0.2, 0.25) is 0 Å². The third-order valence-electron chi connectivity index (χ3n) is 3.44. The zero-order valence-corrected chi connectivity index (χ0v) is 13.9. The first-order valence-electron chi connectivity index (χ1n) is 7.74. The second kappa shape index (κ2) is 6.96. The number of ether oxygens (including phenoxy) is 1. The Morgan fingerprint density at radius 3 is 2.64 bits per heavy atom. The molecule has 1 aromatic heterocycles. The molecule has 1 amide bonds. The highest BCUT2D eigenvalue weighted by molar-refractivity contribution is 5.67. The zero-order chi connectivity index (χ0) is 16.2. The summed E-state index contributed by atoms with van der Waals surface area (Å²) < 4.78 is 5.23. The van der Waals surface area contributed by atoms with Gasteiger partial charge in [-0.2, -0.15) is 0 Å². The van der Waals surface area contributed by atoms with Gasteiger partial charge in [0.05, 0.1) is 0 Å². The maximum absolute atomic E-state index is 11.7. The molecule has 0 aliphatic carbocycles. The minimum Gasteiger partial charge on any atom is -0.444 e. The highest BCUT2D eigenvalue weighted by Gasteiger charge is 2.16. The van der Waals surface area contributed by atoms with Gasteiger partial charge in [0.25, 0.3) is 0 Å². The number of carbonyl (C=O) groups is 1. The van der Waals surface area contributed by atoms with Gasteiger partial charge in [-0.1, -0.05) is 6.07 Å². The van der Waals surface area contributed by atoms with Gasteiger partial charge < -0.3 is 20.3 Å². The SMILES string of the molecule is Cc1nc(N2CCNCC2)ccc1CNC(=O)OC(C)(C)C. The van der Waals surface area contributed by atoms with E-state index in [1.54, 1.807) is 0 Å². The number of hydrogen-bond acceptors (Lipinski definition) is 5. The van der Waals surface area contributed by atoms with Crippen molar-refractivity contribution in [2.45, 2.75) is 39.8 Å². The fourth-order valence-corrected chi connectivity index (χ4v) is 2.32. The van der Waals surface area contributed by atoms with Crippen molar-refractivity contribution in [3.05, 3.63) is 23.4 Å². The van der Waals surface area contributed by atoms with Crippen molar-refractivity contribution in [1.82, 2.24) is 15.6 Å². The summed E-state index contributed by atoms with van der Waals surface area (Å²) in [6.07, 6.45) is -0.405. The highest BCUT2D eigenvalue weighted by Crippen LogP contribution is 2.15. The van der Waals surface area contributed by atoms with Crippen molar-refractivity contribution < 1.29 is 9.53 Å². The van der Waals surface area contributed by atoms with E-state index in [0.29, 0.717) is 6.54 Å². The lowest BCUT2D eigenvalue weighted by atomic mass is 10.2. The number of rotatable bonds is 3. The van der Waals surface area contributed by atoms with Gasteiger partial charge >= 0.3 is 6.09 Å². The number of hydrogen-bond donors (Lipinski definition) is 2. The minimum atomic E-state index is -0.483. The summed E-state index contributed by atoms with van der Waals surface area (Å²) in [5.74, 6) is 1.00. The number of piperazine rings is 1. The fraction of sp³-hybridized carbons (Fsp3) is 0.625. The van der Waals surface area contributed by atoms with Crippen LogP contribution in [0, 0.1) is 6.92 Å². The van der Waals surface area contributed by atoms with Gasteiger partial charge in [-0.3, -0.25) is 0 Å². The van der Waals surface area contributed by atoms with Crippen molar-refractivity contribution in [2.75, 3.05) is 31.1 Å². The van der Waals surface area contributed by atoms with Crippen LogP contribution in [0.3, 0.4) is 0 Å². The number of nitrogens with zero attached hydrogens (tertiary/aromatic N) is 2.